The number of carbonyl (C=O) groups is 1. The minimum atomic E-state index is -4.74. The smallest absolute Gasteiger partial charge is 0.429 e. The highest BCUT2D eigenvalue weighted by atomic mass is 19.4. The predicted octanol–water partition coefficient (Wildman–Crippen LogP) is 6.35. The van der Waals surface area contributed by atoms with Gasteiger partial charge in [0.15, 0.2) is 0 Å². The fraction of sp³-hybridized carbons (Fsp3) is 0.207. The summed E-state index contributed by atoms with van der Waals surface area (Å²) in [4.78, 5) is 19.1. The van der Waals surface area contributed by atoms with Crippen LogP contribution in [0.25, 0.3) is 22.4 Å². The molecule has 0 aliphatic carbocycles. The highest BCUT2D eigenvalue weighted by Gasteiger charge is 2.43. The lowest BCUT2D eigenvalue weighted by Crippen LogP contribution is -2.26. The molecule has 202 valence electrons. The number of hydrogen-bond acceptors (Lipinski definition) is 6. The number of aliphatic carboxylic acids is 1. The second kappa shape index (κ2) is 11.4. The molecule has 1 heterocycles. The van der Waals surface area contributed by atoms with Crippen molar-refractivity contribution in [2.24, 2.45) is 5.92 Å². The highest BCUT2D eigenvalue weighted by molar-refractivity contribution is 5.70. The van der Waals surface area contributed by atoms with Gasteiger partial charge in [-0.1, -0.05) is 67.6 Å². The minimum Gasteiger partial charge on any atom is -0.497 e. The number of alkyl halides is 3. The number of aromatic nitrogens is 2. The third kappa shape index (κ3) is 6.84. The fourth-order valence-corrected chi connectivity index (χ4v) is 4.00. The molecule has 3 N–H and O–H groups in total. The van der Waals surface area contributed by atoms with Crippen LogP contribution in [0.3, 0.4) is 0 Å². The Balaban J connectivity index is 1.58. The number of ether oxygens (including phenoxy) is 2. The number of carboxylic acid groups (broad SMARTS) is 1. The van der Waals surface area contributed by atoms with Crippen molar-refractivity contribution in [2.45, 2.75) is 25.6 Å². The summed E-state index contributed by atoms with van der Waals surface area (Å²) in [6.45, 7) is 1.61. The van der Waals surface area contributed by atoms with Crippen LogP contribution in [-0.2, 0) is 11.2 Å². The highest BCUT2D eigenvalue weighted by Crippen LogP contribution is 2.38. The van der Waals surface area contributed by atoms with Crippen LogP contribution in [0.1, 0.15) is 24.2 Å². The number of anilines is 1. The number of benzene rings is 3. The van der Waals surface area contributed by atoms with E-state index in [1.807, 2.05) is 6.07 Å². The van der Waals surface area contributed by atoms with Gasteiger partial charge in [0, 0.05) is 17.2 Å². The fourth-order valence-electron chi connectivity index (χ4n) is 4.00. The molecular weight excluding hydrogens is 511 g/mol. The molecule has 0 aliphatic rings. The van der Waals surface area contributed by atoms with Gasteiger partial charge in [-0.05, 0) is 35.2 Å². The van der Waals surface area contributed by atoms with E-state index >= 15 is 0 Å². The van der Waals surface area contributed by atoms with Gasteiger partial charge in [0.25, 0.3) is 0 Å². The van der Waals surface area contributed by atoms with Crippen LogP contribution < -0.4 is 15.2 Å². The van der Waals surface area contributed by atoms with Crippen LogP contribution in [0.15, 0.2) is 78.9 Å². The zero-order chi connectivity index (χ0) is 28.2. The number of methoxy groups -OCH3 is 1. The first-order chi connectivity index (χ1) is 18.5. The van der Waals surface area contributed by atoms with Gasteiger partial charge >= 0.3 is 12.1 Å². The van der Waals surface area contributed by atoms with Crippen LogP contribution in [0.5, 0.6) is 11.6 Å². The van der Waals surface area contributed by atoms with Gasteiger partial charge in [0.2, 0.25) is 17.9 Å². The Bertz CT molecular complexity index is 1440. The Kier molecular flexibility index (Phi) is 8.04. The SMILES string of the molecule is COc1cccc(-c2ccc(C(Oc3cc(-c4ccc(CC(C)C(=O)O)cc4)nc(N)n3)C(F)(F)F)cc2)c1. The maximum absolute atomic E-state index is 14.1. The molecule has 10 heteroatoms. The molecule has 0 aliphatic heterocycles. The molecular formula is C29H26F3N3O4. The van der Waals surface area contributed by atoms with E-state index in [2.05, 4.69) is 9.97 Å². The van der Waals surface area contributed by atoms with Crippen molar-refractivity contribution in [2.75, 3.05) is 12.8 Å². The zero-order valence-electron chi connectivity index (χ0n) is 21.1. The van der Waals surface area contributed by atoms with E-state index in [0.29, 0.717) is 23.3 Å². The van der Waals surface area contributed by atoms with Crippen molar-refractivity contribution < 1.29 is 32.5 Å². The van der Waals surface area contributed by atoms with Crippen LogP contribution in [0, 0.1) is 5.92 Å². The van der Waals surface area contributed by atoms with Crippen LogP contribution >= 0.6 is 0 Å². The molecule has 0 spiro atoms. The molecule has 4 aromatic rings. The van der Waals surface area contributed by atoms with E-state index in [1.54, 1.807) is 61.5 Å². The molecule has 2 unspecified atom stereocenters. The first-order valence-electron chi connectivity index (χ1n) is 12.0. The monoisotopic (exact) mass is 537 g/mol. The lowest BCUT2D eigenvalue weighted by atomic mass is 9.99. The maximum atomic E-state index is 14.1. The van der Waals surface area contributed by atoms with E-state index in [9.17, 15) is 18.0 Å². The first kappa shape index (κ1) is 27.4. The summed E-state index contributed by atoms with van der Waals surface area (Å²) >= 11 is 0. The minimum absolute atomic E-state index is 0.107. The summed E-state index contributed by atoms with van der Waals surface area (Å²) in [5, 5.41) is 9.10. The molecule has 39 heavy (non-hydrogen) atoms. The molecule has 1 aromatic heterocycles. The molecule has 0 bridgehead atoms. The Labute approximate surface area is 223 Å². The predicted molar refractivity (Wildman–Crippen MR) is 140 cm³/mol. The van der Waals surface area contributed by atoms with Crippen molar-refractivity contribution in [1.29, 1.82) is 0 Å². The van der Waals surface area contributed by atoms with E-state index in [4.69, 9.17) is 20.3 Å². The lowest BCUT2D eigenvalue weighted by molar-refractivity contribution is -0.198. The van der Waals surface area contributed by atoms with E-state index in [1.165, 1.54) is 25.3 Å². The summed E-state index contributed by atoms with van der Waals surface area (Å²) < 4.78 is 52.8. The molecule has 4 rings (SSSR count). The summed E-state index contributed by atoms with van der Waals surface area (Å²) in [5.41, 5.74) is 8.82. The molecule has 0 amide bonds. The van der Waals surface area contributed by atoms with Gasteiger partial charge in [-0.3, -0.25) is 4.79 Å². The molecule has 0 radical (unpaired) electrons. The zero-order valence-corrected chi connectivity index (χ0v) is 21.1. The Morgan fingerprint density at radius 1 is 0.949 bits per heavy atom. The van der Waals surface area contributed by atoms with Gasteiger partial charge in [0.05, 0.1) is 18.7 Å². The van der Waals surface area contributed by atoms with Crippen molar-refractivity contribution in [3.05, 3.63) is 90.0 Å². The Morgan fingerprint density at radius 2 is 1.62 bits per heavy atom. The molecule has 3 aromatic carbocycles. The van der Waals surface area contributed by atoms with Gasteiger partial charge in [-0.15, -0.1) is 0 Å². The quantitative estimate of drug-likeness (QED) is 0.256. The van der Waals surface area contributed by atoms with Gasteiger partial charge in [0.1, 0.15) is 5.75 Å². The number of carboxylic acids is 1. The summed E-state index contributed by atoms with van der Waals surface area (Å²) in [5.74, 6) is -1.41. The molecule has 0 saturated carbocycles. The summed E-state index contributed by atoms with van der Waals surface area (Å²) in [6, 6.07) is 21.2. The Hall–Kier alpha value is -4.60. The number of nitrogen functional groups attached to an aromatic ring is 1. The average molecular weight is 538 g/mol. The van der Waals surface area contributed by atoms with E-state index in [0.717, 1.165) is 11.1 Å². The molecule has 2 atom stereocenters. The van der Waals surface area contributed by atoms with Crippen LogP contribution in [0.4, 0.5) is 19.1 Å². The first-order valence-corrected chi connectivity index (χ1v) is 12.0. The van der Waals surface area contributed by atoms with Crippen LogP contribution in [-0.4, -0.2) is 34.3 Å². The topological polar surface area (TPSA) is 108 Å². The van der Waals surface area contributed by atoms with Gasteiger partial charge < -0.3 is 20.3 Å². The number of nitrogens with zero attached hydrogens (tertiary/aromatic N) is 2. The molecule has 0 saturated heterocycles. The lowest BCUT2D eigenvalue weighted by Gasteiger charge is -2.22. The second-order valence-electron chi connectivity index (χ2n) is 8.98. The van der Waals surface area contributed by atoms with Crippen molar-refractivity contribution in [1.82, 2.24) is 9.97 Å². The molecule has 0 fully saturated rings. The number of rotatable bonds is 9. The van der Waals surface area contributed by atoms with E-state index in [-0.39, 0.29) is 23.1 Å². The van der Waals surface area contributed by atoms with Gasteiger partial charge in [-0.25, -0.2) is 4.98 Å². The summed E-state index contributed by atoms with van der Waals surface area (Å²) in [6.07, 6.45) is -6.70. The average Bonchev–Trinajstić information content (AvgIpc) is 2.91. The summed E-state index contributed by atoms with van der Waals surface area (Å²) in [7, 11) is 1.54. The van der Waals surface area contributed by atoms with E-state index < -0.39 is 24.2 Å². The normalized spacial score (nSPS) is 12.9. The largest absolute Gasteiger partial charge is 0.497 e. The Morgan fingerprint density at radius 3 is 2.23 bits per heavy atom. The van der Waals surface area contributed by atoms with Crippen molar-refractivity contribution >= 4 is 11.9 Å². The maximum Gasteiger partial charge on any atom is 0.429 e. The second-order valence-corrected chi connectivity index (χ2v) is 8.98. The third-order valence-electron chi connectivity index (χ3n) is 6.09. The van der Waals surface area contributed by atoms with Crippen molar-refractivity contribution in [3.8, 4) is 34.0 Å². The third-order valence-corrected chi connectivity index (χ3v) is 6.09. The number of hydrogen-bond donors (Lipinski definition) is 2. The van der Waals surface area contributed by atoms with Crippen LogP contribution in [0.2, 0.25) is 0 Å². The standard InChI is InChI=1S/C29H26F3N3O4/c1-17(27(36)37)14-18-6-8-20(9-7-18)24-16-25(35-28(33)34-24)39-26(29(30,31)32)21-12-10-19(11-13-21)22-4-3-5-23(15-22)38-2/h3-13,15-17,26H,14H2,1-2H3,(H,36,37)(H2,33,34,35). The number of nitrogens with two attached hydrogens (primary N) is 1. The van der Waals surface area contributed by atoms with Gasteiger partial charge in [-0.2, -0.15) is 18.2 Å². The van der Waals surface area contributed by atoms with Crippen molar-refractivity contribution in [3.63, 3.8) is 0 Å². The molecule has 7 nitrogen and oxygen atoms in total. The number of halogens is 3.